The van der Waals surface area contributed by atoms with E-state index in [4.69, 9.17) is 5.73 Å². The van der Waals surface area contributed by atoms with Gasteiger partial charge in [0.15, 0.2) is 0 Å². The van der Waals surface area contributed by atoms with E-state index in [1.165, 1.54) is 0 Å². The maximum absolute atomic E-state index is 12.4. The molecule has 6 heteroatoms. The number of hydrogen-bond donors (Lipinski definition) is 3. The van der Waals surface area contributed by atoms with Crippen LogP contribution in [0.15, 0.2) is 67.0 Å². The van der Waals surface area contributed by atoms with Gasteiger partial charge in [0.2, 0.25) is 0 Å². The van der Waals surface area contributed by atoms with Crippen LogP contribution in [0.1, 0.15) is 10.4 Å². The van der Waals surface area contributed by atoms with E-state index in [9.17, 15) is 4.79 Å². The Morgan fingerprint density at radius 2 is 1.76 bits per heavy atom. The van der Waals surface area contributed by atoms with Gasteiger partial charge in [0.25, 0.3) is 5.91 Å². The molecule has 25 heavy (non-hydrogen) atoms. The van der Waals surface area contributed by atoms with Gasteiger partial charge >= 0.3 is 0 Å². The number of carbonyl (C=O) groups excluding carboxylic acids is 1. The van der Waals surface area contributed by atoms with Crippen LogP contribution in [0.2, 0.25) is 0 Å². The molecule has 0 fully saturated rings. The Bertz CT molecular complexity index is 1040. The van der Waals surface area contributed by atoms with Crippen LogP contribution in [0.25, 0.3) is 22.4 Å². The number of aromatic amines is 1. The summed E-state index contributed by atoms with van der Waals surface area (Å²) in [6.45, 7) is 0. The molecule has 0 aliphatic rings. The predicted octanol–water partition coefficient (Wildman–Crippen LogP) is 3.46. The van der Waals surface area contributed by atoms with Crippen molar-refractivity contribution in [2.24, 2.45) is 0 Å². The molecule has 0 atom stereocenters. The summed E-state index contributed by atoms with van der Waals surface area (Å²) in [5, 5.41) is 2.84. The number of benzene rings is 2. The summed E-state index contributed by atoms with van der Waals surface area (Å²) < 4.78 is 0. The van der Waals surface area contributed by atoms with Gasteiger partial charge in [-0.05, 0) is 54.6 Å². The molecule has 122 valence electrons. The highest BCUT2D eigenvalue weighted by Crippen LogP contribution is 2.22. The van der Waals surface area contributed by atoms with E-state index in [1.54, 1.807) is 36.7 Å². The Labute approximate surface area is 143 Å². The zero-order valence-electron chi connectivity index (χ0n) is 13.2. The molecule has 4 rings (SSSR count). The number of fused-ring (bicyclic) bond motifs is 1. The van der Waals surface area contributed by atoms with Crippen molar-refractivity contribution in [3.8, 4) is 11.4 Å². The first kappa shape index (κ1) is 14.9. The summed E-state index contributed by atoms with van der Waals surface area (Å²) in [5.74, 6) is 0.554. The van der Waals surface area contributed by atoms with Gasteiger partial charge < -0.3 is 16.0 Å². The van der Waals surface area contributed by atoms with Gasteiger partial charge in [0.1, 0.15) is 5.82 Å². The third kappa shape index (κ3) is 3.05. The third-order valence-electron chi connectivity index (χ3n) is 3.87. The number of nitrogens with zero attached hydrogens (tertiary/aromatic N) is 2. The lowest BCUT2D eigenvalue weighted by Crippen LogP contribution is -2.11. The Hall–Kier alpha value is -3.67. The number of carbonyl (C=O) groups is 1. The van der Waals surface area contributed by atoms with E-state index in [-0.39, 0.29) is 5.91 Å². The monoisotopic (exact) mass is 329 g/mol. The van der Waals surface area contributed by atoms with Crippen molar-refractivity contribution < 1.29 is 4.79 Å². The van der Waals surface area contributed by atoms with Crippen molar-refractivity contribution >= 4 is 28.3 Å². The molecule has 2 heterocycles. The number of aromatic nitrogens is 3. The third-order valence-corrected chi connectivity index (χ3v) is 3.87. The average Bonchev–Trinajstić information content (AvgIpc) is 3.06. The molecule has 0 aliphatic carbocycles. The maximum Gasteiger partial charge on any atom is 0.255 e. The van der Waals surface area contributed by atoms with E-state index < -0.39 is 0 Å². The minimum atomic E-state index is -0.184. The van der Waals surface area contributed by atoms with Crippen LogP contribution < -0.4 is 11.1 Å². The van der Waals surface area contributed by atoms with E-state index in [0.717, 1.165) is 22.4 Å². The Balaban J connectivity index is 1.64. The molecule has 6 nitrogen and oxygen atoms in total. The second-order valence-electron chi connectivity index (χ2n) is 5.63. The number of pyridine rings is 1. The number of nitrogen functional groups attached to an aromatic ring is 1. The van der Waals surface area contributed by atoms with Crippen molar-refractivity contribution in [2.75, 3.05) is 11.1 Å². The van der Waals surface area contributed by atoms with Crippen molar-refractivity contribution in [1.82, 2.24) is 15.0 Å². The number of imidazole rings is 1. The molecule has 1 amide bonds. The highest BCUT2D eigenvalue weighted by Gasteiger charge is 2.10. The largest absolute Gasteiger partial charge is 0.399 e. The number of nitrogens with one attached hydrogen (secondary N) is 2. The minimum Gasteiger partial charge on any atom is -0.399 e. The predicted molar refractivity (Wildman–Crippen MR) is 98.1 cm³/mol. The molecule has 0 saturated heterocycles. The molecule has 0 aliphatic heterocycles. The first-order chi connectivity index (χ1) is 12.2. The smallest absolute Gasteiger partial charge is 0.255 e. The van der Waals surface area contributed by atoms with Gasteiger partial charge in [-0.3, -0.25) is 9.78 Å². The van der Waals surface area contributed by atoms with Gasteiger partial charge in [0.05, 0.1) is 11.0 Å². The van der Waals surface area contributed by atoms with E-state index >= 15 is 0 Å². The molecule has 4 N–H and O–H groups in total. The van der Waals surface area contributed by atoms with Crippen LogP contribution >= 0.6 is 0 Å². The molecule has 0 spiro atoms. The molecule has 0 saturated carbocycles. The number of anilines is 2. The standard InChI is InChI=1S/C19H15N5O/c20-14-4-1-12(2-5-14)18-23-16-6-3-13(11-17(16)24-18)19(25)22-15-7-9-21-10-8-15/h1-11H,20H2,(H,23,24)(H,21,22,25). The van der Waals surface area contributed by atoms with Crippen LogP contribution in [0, 0.1) is 0 Å². The summed E-state index contributed by atoms with van der Waals surface area (Å²) in [4.78, 5) is 24.1. The van der Waals surface area contributed by atoms with Crippen molar-refractivity contribution in [1.29, 1.82) is 0 Å². The van der Waals surface area contributed by atoms with E-state index in [0.29, 0.717) is 16.9 Å². The summed E-state index contributed by atoms with van der Waals surface area (Å²) in [7, 11) is 0. The number of amides is 1. The van der Waals surface area contributed by atoms with E-state index in [2.05, 4.69) is 20.3 Å². The van der Waals surface area contributed by atoms with Crippen LogP contribution in [0.5, 0.6) is 0 Å². The van der Waals surface area contributed by atoms with Crippen LogP contribution in [-0.2, 0) is 0 Å². The molecular weight excluding hydrogens is 314 g/mol. The maximum atomic E-state index is 12.4. The molecule has 0 bridgehead atoms. The summed E-state index contributed by atoms with van der Waals surface area (Å²) in [6, 6.07) is 16.3. The summed E-state index contributed by atoms with van der Waals surface area (Å²) in [6.07, 6.45) is 3.26. The quantitative estimate of drug-likeness (QED) is 0.501. The number of rotatable bonds is 3. The molecule has 4 aromatic rings. The first-order valence-corrected chi connectivity index (χ1v) is 7.76. The molecular formula is C19H15N5O. The van der Waals surface area contributed by atoms with Gasteiger partial charge in [-0.15, -0.1) is 0 Å². The summed E-state index contributed by atoms with van der Waals surface area (Å²) in [5.41, 5.74) is 10.2. The van der Waals surface area contributed by atoms with Crippen molar-refractivity contribution in [3.05, 3.63) is 72.6 Å². The topological polar surface area (TPSA) is 96.7 Å². The van der Waals surface area contributed by atoms with E-state index in [1.807, 2.05) is 30.3 Å². The zero-order valence-corrected chi connectivity index (χ0v) is 13.2. The summed E-state index contributed by atoms with van der Waals surface area (Å²) >= 11 is 0. The second kappa shape index (κ2) is 6.09. The fourth-order valence-electron chi connectivity index (χ4n) is 2.57. The number of H-pyrrole nitrogens is 1. The Morgan fingerprint density at radius 3 is 2.52 bits per heavy atom. The molecule has 0 radical (unpaired) electrons. The number of nitrogens with two attached hydrogens (primary N) is 1. The average molecular weight is 329 g/mol. The SMILES string of the molecule is Nc1ccc(-c2nc3ccc(C(=O)Nc4ccncc4)cc3[nH]2)cc1. The van der Waals surface area contributed by atoms with Gasteiger partial charge in [0, 0.05) is 34.9 Å². The van der Waals surface area contributed by atoms with Gasteiger partial charge in [-0.1, -0.05) is 0 Å². The Morgan fingerprint density at radius 1 is 1.00 bits per heavy atom. The highest BCUT2D eigenvalue weighted by atomic mass is 16.1. The fraction of sp³-hybridized carbons (Fsp3) is 0. The minimum absolute atomic E-state index is 0.184. The molecule has 2 aromatic carbocycles. The van der Waals surface area contributed by atoms with Gasteiger partial charge in [-0.2, -0.15) is 0 Å². The second-order valence-corrected chi connectivity index (χ2v) is 5.63. The highest BCUT2D eigenvalue weighted by molar-refractivity contribution is 6.06. The molecule has 2 aromatic heterocycles. The fourth-order valence-corrected chi connectivity index (χ4v) is 2.57. The van der Waals surface area contributed by atoms with Gasteiger partial charge in [-0.25, -0.2) is 4.98 Å². The normalized spacial score (nSPS) is 10.7. The lowest BCUT2D eigenvalue weighted by Gasteiger charge is -2.04. The van der Waals surface area contributed by atoms with Crippen LogP contribution in [0.4, 0.5) is 11.4 Å². The first-order valence-electron chi connectivity index (χ1n) is 7.76. The van der Waals surface area contributed by atoms with Crippen LogP contribution in [0.3, 0.4) is 0 Å². The zero-order chi connectivity index (χ0) is 17.2. The van der Waals surface area contributed by atoms with Crippen molar-refractivity contribution in [2.45, 2.75) is 0 Å². The Kier molecular flexibility index (Phi) is 3.63. The lowest BCUT2D eigenvalue weighted by molar-refractivity contribution is 0.102. The van der Waals surface area contributed by atoms with Crippen molar-refractivity contribution in [3.63, 3.8) is 0 Å². The number of hydrogen-bond acceptors (Lipinski definition) is 4. The lowest BCUT2D eigenvalue weighted by atomic mass is 10.2. The molecule has 0 unspecified atom stereocenters. The van der Waals surface area contributed by atoms with Crippen LogP contribution in [-0.4, -0.2) is 20.9 Å².